The summed E-state index contributed by atoms with van der Waals surface area (Å²) in [5.41, 5.74) is 0.280. The maximum Gasteiger partial charge on any atom is 0.313 e. The monoisotopic (exact) mass is 306 g/mol. The number of rotatable bonds is 5. The second-order valence-electron chi connectivity index (χ2n) is 4.40. The van der Waals surface area contributed by atoms with Crippen LogP contribution >= 0.6 is 11.6 Å². The molecule has 1 aromatic carbocycles. The van der Waals surface area contributed by atoms with Gasteiger partial charge in [0.05, 0.1) is 9.95 Å². The standard InChI is InChI=1S/C14H11ClN2O4/c15-10-7-12(17(20)21)13(16-8-10)11(14(18)19)6-9-4-2-1-3-5-9/h1-5,7-8,11H,6H2,(H,18,19). The zero-order chi connectivity index (χ0) is 15.4. The molecule has 0 radical (unpaired) electrons. The molecule has 2 aromatic rings. The van der Waals surface area contributed by atoms with E-state index in [0.29, 0.717) is 0 Å². The lowest BCUT2D eigenvalue weighted by Gasteiger charge is -2.12. The summed E-state index contributed by atoms with van der Waals surface area (Å²) in [7, 11) is 0. The first-order valence-electron chi connectivity index (χ1n) is 6.05. The van der Waals surface area contributed by atoms with Gasteiger partial charge in [-0.25, -0.2) is 0 Å². The van der Waals surface area contributed by atoms with Gasteiger partial charge in [0, 0.05) is 12.3 Å². The molecule has 0 aliphatic heterocycles. The number of nitro groups is 1. The summed E-state index contributed by atoms with van der Waals surface area (Å²) in [5, 5.41) is 20.5. The van der Waals surface area contributed by atoms with Gasteiger partial charge in [-0.1, -0.05) is 41.9 Å². The van der Waals surface area contributed by atoms with E-state index >= 15 is 0 Å². The van der Waals surface area contributed by atoms with Crippen LogP contribution in [0.4, 0.5) is 5.69 Å². The summed E-state index contributed by atoms with van der Waals surface area (Å²) >= 11 is 5.69. The first-order chi connectivity index (χ1) is 9.99. The zero-order valence-corrected chi connectivity index (χ0v) is 11.5. The molecule has 0 saturated heterocycles. The molecule has 1 atom stereocenters. The highest BCUT2D eigenvalue weighted by Crippen LogP contribution is 2.29. The summed E-state index contributed by atoms with van der Waals surface area (Å²) in [6.45, 7) is 0. The van der Waals surface area contributed by atoms with Gasteiger partial charge in [-0.3, -0.25) is 19.9 Å². The maximum atomic E-state index is 11.5. The fraction of sp³-hybridized carbons (Fsp3) is 0.143. The van der Waals surface area contributed by atoms with Crippen molar-refractivity contribution >= 4 is 23.3 Å². The molecule has 0 amide bonds. The number of carboxylic acids is 1. The van der Waals surface area contributed by atoms with Gasteiger partial charge in [0.2, 0.25) is 0 Å². The molecule has 0 aliphatic rings. The fourth-order valence-corrected chi connectivity index (χ4v) is 2.16. The molecule has 2 rings (SSSR count). The maximum absolute atomic E-state index is 11.5. The third-order valence-corrected chi connectivity index (χ3v) is 3.18. The van der Waals surface area contributed by atoms with Gasteiger partial charge in [-0.05, 0) is 12.0 Å². The van der Waals surface area contributed by atoms with E-state index in [1.807, 2.05) is 6.07 Å². The van der Waals surface area contributed by atoms with Gasteiger partial charge < -0.3 is 5.11 Å². The Balaban J connectivity index is 2.44. The van der Waals surface area contributed by atoms with E-state index in [1.54, 1.807) is 24.3 Å². The summed E-state index contributed by atoms with van der Waals surface area (Å²) in [4.78, 5) is 25.7. The third kappa shape index (κ3) is 3.55. The van der Waals surface area contributed by atoms with Crippen molar-refractivity contribution in [3.05, 3.63) is 69.0 Å². The predicted molar refractivity (Wildman–Crippen MR) is 76.4 cm³/mol. The Hall–Kier alpha value is -2.47. The molecule has 0 fully saturated rings. The number of benzene rings is 1. The van der Waals surface area contributed by atoms with Gasteiger partial charge in [0.25, 0.3) is 5.69 Å². The van der Waals surface area contributed by atoms with Crippen LogP contribution in [0.2, 0.25) is 5.02 Å². The average molecular weight is 307 g/mol. The Morgan fingerprint density at radius 2 is 2.05 bits per heavy atom. The minimum absolute atomic E-state index is 0.0919. The van der Waals surface area contributed by atoms with E-state index in [1.165, 1.54) is 6.20 Å². The Kier molecular flexibility index (Phi) is 4.49. The Labute approximate surface area is 125 Å². The van der Waals surface area contributed by atoms with Gasteiger partial charge in [0.15, 0.2) is 0 Å². The fourth-order valence-electron chi connectivity index (χ4n) is 2.00. The van der Waals surface area contributed by atoms with Crippen molar-refractivity contribution in [1.82, 2.24) is 4.98 Å². The van der Waals surface area contributed by atoms with Crippen LogP contribution in [0, 0.1) is 10.1 Å². The number of halogens is 1. The molecule has 0 aliphatic carbocycles. The summed E-state index contributed by atoms with van der Waals surface area (Å²) in [6.07, 6.45) is 1.33. The van der Waals surface area contributed by atoms with Gasteiger partial charge >= 0.3 is 5.97 Å². The Morgan fingerprint density at radius 3 is 2.62 bits per heavy atom. The molecule has 0 spiro atoms. The molecule has 108 valence electrons. The first-order valence-corrected chi connectivity index (χ1v) is 6.43. The van der Waals surface area contributed by atoms with Crippen LogP contribution in [-0.2, 0) is 11.2 Å². The van der Waals surface area contributed by atoms with E-state index < -0.39 is 16.8 Å². The summed E-state index contributed by atoms with van der Waals surface area (Å²) in [5.74, 6) is -2.28. The normalized spacial score (nSPS) is 11.9. The van der Waals surface area contributed by atoms with Crippen LogP contribution in [0.3, 0.4) is 0 Å². The molecule has 1 heterocycles. The van der Waals surface area contributed by atoms with E-state index in [-0.39, 0.29) is 22.8 Å². The quantitative estimate of drug-likeness (QED) is 0.677. The van der Waals surface area contributed by atoms with Crippen molar-refractivity contribution in [2.45, 2.75) is 12.3 Å². The molecule has 21 heavy (non-hydrogen) atoms. The lowest BCUT2D eigenvalue weighted by atomic mass is 9.95. The number of aliphatic carboxylic acids is 1. The molecule has 6 nitrogen and oxygen atoms in total. The number of carbonyl (C=O) groups is 1. The highest BCUT2D eigenvalue weighted by atomic mass is 35.5. The summed E-state index contributed by atoms with van der Waals surface area (Å²) < 4.78 is 0. The van der Waals surface area contributed by atoms with Gasteiger partial charge in [-0.15, -0.1) is 0 Å². The van der Waals surface area contributed by atoms with E-state index in [4.69, 9.17) is 11.6 Å². The molecular formula is C14H11ClN2O4. The Bertz CT molecular complexity index is 676. The van der Waals surface area contributed by atoms with Crippen LogP contribution in [0.25, 0.3) is 0 Å². The molecule has 1 unspecified atom stereocenters. The van der Waals surface area contributed by atoms with Crippen LogP contribution in [0.1, 0.15) is 17.2 Å². The number of pyridine rings is 1. The average Bonchev–Trinajstić information content (AvgIpc) is 2.46. The second kappa shape index (κ2) is 6.32. The molecule has 0 bridgehead atoms. The van der Waals surface area contributed by atoms with E-state index in [2.05, 4.69) is 4.98 Å². The minimum atomic E-state index is -1.17. The summed E-state index contributed by atoms with van der Waals surface area (Å²) in [6, 6.07) is 10.00. The lowest BCUT2D eigenvalue weighted by Crippen LogP contribution is -2.17. The Morgan fingerprint density at radius 1 is 1.38 bits per heavy atom. The number of hydrogen-bond donors (Lipinski definition) is 1. The van der Waals surface area contributed by atoms with Crippen LogP contribution in [0.15, 0.2) is 42.6 Å². The molecular weight excluding hydrogens is 296 g/mol. The first kappa shape index (κ1) is 14.9. The third-order valence-electron chi connectivity index (χ3n) is 2.97. The topological polar surface area (TPSA) is 93.3 Å². The highest BCUT2D eigenvalue weighted by molar-refractivity contribution is 6.30. The van der Waals surface area contributed by atoms with Crippen molar-refractivity contribution in [2.75, 3.05) is 0 Å². The molecule has 0 saturated carbocycles. The SMILES string of the molecule is O=C(O)C(Cc1ccccc1)c1ncc(Cl)cc1[N+](=O)[O-]. The second-order valence-corrected chi connectivity index (χ2v) is 4.83. The smallest absolute Gasteiger partial charge is 0.313 e. The lowest BCUT2D eigenvalue weighted by molar-refractivity contribution is -0.386. The largest absolute Gasteiger partial charge is 0.481 e. The van der Waals surface area contributed by atoms with Crippen molar-refractivity contribution < 1.29 is 14.8 Å². The number of hydrogen-bond acceptors (Lipinski definition) is 4. The van der Waals surface area contributed by atoms with Gasteiger partial charge in [0.1, 0.15) is 11.6 Å². The van der Waals surface area contributed by atoms with Crippen molar-refractivity contribution in [3.8, 4) is 0 Å². The number of nitrogens with zero attached hydrogens (tertiary/aromatic N) is 2. The minimum Gasteiger partial charge on any atom is -0.481 e. The highest BCUT2D eigenvalue weighted by Gasteiger charge is 2.30. The molecule has 1 N–H and O–H groups in total. The van der Waals surface area contributed by atoms with Gasteiger partial charge in [-0.2, -0.15) is 0 Å². The predicted octanol–water partition coefficient (Wildman–Crippen LogP) is 3.05. The number of carboxylic acid groups (broad SMARTS) is 1. The number of aromatic nitrogens is 1. The van der Waals surface area contributed by atoms with Crippen LogP contribution in [0.5, 0.6) is 0 Å². The van der Waals surface area contributed by atoms with Crippen molar-refractivity contribution in [1.29, 1.82) is 0 Å². The van der Waals surface area contributed by atoms with Crippen LogP contribution < -0.4 is 0 Å². The van der Waals surface area contributed by atoms with Crippen molar-refractivity contribution in [3.63, 3.8) is 0 Å². The van der Waals surface area contributed by atoms with Crippen LogP contribution in [-0.4, -0.2) is 21.0 Å². The van der Waals surface area contributed by atoms with E-state index in [9.17, 15) is 20.0 Å². The zero-order valence-electron chi connectivity index (χ0n) is 10.8. The van der Waals surface area contributed by atoms with E-state index in [0.717, 1.165) is 11.6 Å². The molecule has 1 aromatic heterocycles. The molecule has 7 heteroatoms. The van der Waals surface area contributed by atoms with Crippen molar-refractivity contribution in [2.24, 2.45) is 0 Å².